The van der Waals surface area contributed by atoms with Crippen molar-refractivity contribution in [2.24, 2.45) is 0 Å². The monoisotopic (exact) mass is 350 g/mol. The summed E-state index contributed by atoms with van der Waals surface area (Å²) >= 11 is 5.79. The van der Waals surface area contributed by atoms with Crippen LogP contribution in [-0.2, 0) is 14.9 Å². The molecule has 0 radical (unpaired) electrons. The van der Waals surface area contributed by atoms with Crippen molar-refractivity contribution < 1.29 is 23.1 Å². The summed E-state index contributed by atoms with van der Waals surface area (Å²) in [5.41, 5.74) is -0.368. The van der Waals surface area contributed by atoms with Crippen molar-refractivity contribution in [3.63, 3.8) is 0 Å². The SMILES string of the molecule is CC(C)(C)OC(=O)NS(=O)(=O)NCC(O)c1cccc(Cl)c1. The van der Waals surface area contributed by atoms with Gasteiger partial charge in [0.1, 0.15) is 5.60 Å². The molecule has 0 bridgehead atoms. The Morgan fingerprint density at radius 2 is 2.05 bits per heavy atom. The van der Waals surface area contributed by atoms with Gasteiger partial charge in [-0.25, -0.2) is 9.52 Å². The molecule has 0 saturated heterocycles. The number of hydrogen-bond donors (Lipinski definition) is 3. The molecule has 124 valence electrons. The summed E-state index contributed by atoms with van der Waals surface area (Å²) in [7, 11) is -4.13. The summed E-state index contributed by atoms with van der Waals surface area (Å²) in [5.74, 6) is 0. The van der Waals surface area contributed by atoms with Crippen molar-refractivity contribution in [2.75, 3.05) is 6.54 Å². The fraction of sp³-hybridized carbons (Fsp3) is 0.462. The Balaban J connectivity index is 2.57. The van der Waals surface area contributed by atoms with E-state index >= 15 is 0 Å². The minimum atomic E-state index is -4.13. The van der Waals surface area contributed by atoms with E-state index in [2.05, 4.69) is 4.72 Å². The van der Waals surface area contributed by atoms with E-state index in [-0.39, 0.29) is 6.54 Å². The summed E-state index contributed by atoms with van der Waals surface area (Å²) in [4.78, 5) is 11.4. The van der Waals surface area contributed by atoms with Gasteiger partial charge in [0, 0.05) is 11.6 Å². The fourth-order valence-corrected chi connectivity index (χ4v) is 2.37. The van der Waals surface area contributed by atoms with Crippen LogP contribution >= 0.6 is 11.6 Å². The van der Waals surface area contributed by atoms with Crippen LogP contribution in [0.3, 0.4) is 0 Å². The van der Waals surface area contributed by atoms with Crippen molar-refractivity contribution in [3.05, 3.63) is 34.9 Å². The molecule has 0 aliphatic rings. The van der Waals surface area contributed by atoms with Gasteiger partial charge < -0.3 is 9.84 Å². The van der Waals surface area contributed by atoms with Crippen molar-refractivity contribution in [1.82, 2.24) is 9.44 Å². The summed E-state index contributed by atoms with van der Waals surface area (Å²) in [6.07, 6.45) is -2.20. The lowest BCUT2D eigenvalue weighted by molar-refractivity contribution is 0.0569. The molecule has 0 aliphatic carbocycles. The van der Waals surface area contributed by atoms with E-state index < -0.39 is 28.0 Å². The summed E-state index contributed by atoms with van der Waals surface area (Å²) in [5, 5.41) is 10.3. The quantitative estimate of drug-likeness (QED) is 0.750. The van der Waals surface area contributed by atoms with Gasteiger partial charge in [0.25, 0.3) is 0 Å². The second-order valence-corrected chi connectivity index (χ2v) is 7.46. The summed E-state index contributed by atoms with van der Waals surface area (Å²) in [6, 6.07) is 6.38. The Morgan fingerprint density at radius 1 is 1.41 bits per heavy atom. The lowest BCUT2D eigenvalue weighted by Crippen LogP contribution is -2.43. The van der Waals surface area contributed by atoms with Crippen LogP contribution in [0.4, 0.5) is 4.79 Å². The first-order chi connectivity index (χ1) is 9.98. The maximum absolute atomic E-state index is 11.7. The number of aliphatic hydroxyl groups is 1. The average Bonchev–Trinajstić information content (AvgIpc) is 2.33. The maximum atomic E-state index is 11.7. The van der Waals surface area contributed by atoms with Gasteiger partial charge >= 0.3 is 16.3 Å². The molecule has 1 amide bonds. The summed E-state index contributed by atoms with van der Waals surface area (Å²) < 4.78 is 31.9. The van der Waals surface area contributed by atoms with Gasteiger partial charge in [0.05, 0.1) is 6.10 Å². The number of hydrogen-bond acceptors (Lipinski definition) is 5. The first kappa shape index (κ1) is 18.7. The van der Waals surface area contributed by atoms with E-state index in [0.29, 0.717) is 10.6 Å². The third kappa shape index (κ3) is 7.08. The van der Waals surface area contributed by atoms with Crippen LogP contribution in [0.15, 0.2) is 24.3 Å². The van der Waals surface area contributed by atoms with Crippen molar-refractivity contribution >= 4 is 27.9 Å². The lowest BCUT2D eigenvalue weighted by atomic mass is 10.1. The number of carbonyl (C=O) groups is 1. The molecule has 22 heavy (non-hydrogen) atoms. The van der Waals surface area contributed by atoms with E-state index in [1.165, 1.54) is 6.07 Å². The zero-order valence-corrected chi connectivity index (χ0v) is 14.0. The number of ether oxygens (including phenoxy) is 1. The Kier molecular flexibility index (Phi) is 6.18. The van der Waals surface area contributed by atoms with Crippen LogP contribution in [0.25, 0.3) is 0 Å². The van der Waals surface area contributed by atoms with Crippen molar-refractivity contribution in [1.29, 1.82) is 0 Å². The lowest BCUT2D eigenvalue weighted by Gasteiger charge is -2.20. The zero-order valence-electron chi connectivity index (χ0n) is 12.5. The second-order valence-electron chi connectivity index (χ2n) is 5.53. The third-order valence-corrected chi connectivity index (χ3v) is 3.53. The highest BCUT2D eigenvalue weighted by molar-refractivity contribution is 7.88. The van der Waals surface area contributed by atoms with Gasteiger partial charge in [-0.1, -0.05) is 23.7 Å². The number of amides is 1. The van der Waals surface area contributed by atoms with Crippen LogP contribution in [0.5, 0.6) is 0 Å². The number of rotatable bonds is 5. The molecule has 0 heterocycles. The highest BCUT2D eigenvalue weighted by atomic mass is 35.5. The molecule has 0 fully saturated rings. The van der Waals surface area contributed by atoms with Gasteiger partial charge in [-0.3, -0.25) is 0 Å². The number of benzene rings is 1. The Hall–Kier alpha value is -1.35. The third-order valence-electron chi connectivity index (χ3n) is 2.32. The Bertz CT molecular complexity index is 628. The van der Waals surface area contributed by atoms with E-state index in [4.69, 9.17) is 16.3 Å². The van der Waals surface area contributed by atoms with Crippen molar-refractivity contribution in [3.8, 4) is 0 Å². The Labute approximate surface area is 134 Å². The largest absolute Gasteiger partial charge is 0.443 e. The maximum Gasteiger partial charge on any atom is 0.422 e. The molecule has 1 aromatic rings. The highest BCUT2D eigenvalue weighted by Gasteiger charge is 2.22. The molecule has 3 N–H and O–H groups in total. The van der Waals surface area contributed by atoms with Crippen LogP contribution < -0.4 is 9.44 Å². The van der Waals surface area contributed by atoms with E-state index in [9.17, 15) is 18.3 Å². The molecule has 1 aromatic carbocycles. The molecule has 9 heteroatoms. The van der Waals surface area contributed by atoms with E-state index in [0.717, 1.165) is 0 Å². The molecule has 1 rings (SSSR count). The molecular formula is C13H19ClN2O5S. The van der Waals surface area contributed by atoms with Gasteiger partial charge in [0.2, 0.25) is 0 Å². The topological polar surface area (TPSA) is 105 Å². The number of aliphatic hydroxyl groups excluding tert-OH is 1. The van der Waals surface area contributed by atoms with Crippen LogP contribution in [0.1, 0.15) is 32.4 Å². The molecule has 7 nitrogen and oxygen atoms in total. The van der Waals surface area contributed by atoms with Gasteiger partial charge in [-0.05, 0) is 38.5 Å². The number of nitrogens with one attached hydrogen (secondary N) is 2. The van der Waals surface area contributed by atoms with Crippen LogP contribution in [0.2, 0.25) is 5.02 Å². The first-order valence-electron chi connectivity index (χ1n) is 6.42. The average molecular weight is 351 g/mol. The normalized spacial score (nSPS) is 13.5. The van der Waals surface area contributed by atoms with Gasteiger partial charge in [-0.2, -0.15) is 13.1 Å². The molecule has 0 saturated carbocycles. The standard InChI is InChI=1S/C13H19ClN2O5S/c1-13(2,3)21-12(18)16-22(19,20)15-8-11(17)9-5-4-6-10(14)7-9/h4-7,11,15,17H,8H2,1-3H3,(H,16,18). The van der Waals surface area contributed by atoms with Crippen LogP contribution in [-0.4, -0.2) is 31.8 Å². The molecule has 0 spiro atoms. The smallest absolute Gasteiger partial charge is 0.422 e. The second kappa shape index (κ2) is 7.28. The predicted molar refractivity (Wildman–Crippen MR) is 82.7 cm³/mol. The zero-order chi connectivity index (χ0) is 17.0. The van der Waals surface area contributed by atoms with Crippen molar-refractivity contribution in [2.45, 2.75) is 32.5 Å². The van der Waals surface area contributed by atoms with E-state index in [1.807, 2.05) is 0 Å². The molecule has 0 aromatic heterocycles. The molecule has 1 unspecified atom stereocenters. The Morgan fingerprint density at radius 3 is 2.59 bits per heavy atom. The number of halogens is 1. The van der Waals surface area contributed by atoms with Gasteiger partial charge in [0.15, 0.2) is 0 Å². The number of carbonyl (C=O) groups excluding carboxylic acids is 1. The van der Waals surface area contributed by atoms with E-state index in [1.54, 1.807) is 43.7 Å². The van der Waals surface area contributed by atoms with Gasteiger partial charge in [-0.15, -0.1) is 0 Å². The predicted octanol–water partition coefficient (Wildman–Crippen LogP) is 1.73. The molecular weight excluding hydrogens is 332 g/mol. The molecule has 0 aliphatic heterocycles. The fourth-order valence-electron chi connectivity index (χ4n) is 1.47. The molecule has 1 atom stereocenters. The minimum absolute atomic E-state index is 0.321. The first-order valence-corrected chi connectivity index (χ1v) is 8.28. The summed E-state index contributed by atoms with van der Waals surface area (Å²) in [6.45, 7) is 4.50. The highest BCUT2D eigenvalue weighted by Crippen LogP contribution is 2.17. The minimum Gasteiger partial charge on any atom is -0.443 e. The van der Waals surface area contributed by atoms with Crippen LogP contribution in [0, 0.1) is 0 Å².